The summed E-state index contributed by atoms with van der Waals surface area (Å²) in [4.78, 5) is 27.5. The fourth-order valence-corrected chi connectivity index (χ4v) is 4.12. The SMILES string of the molecule is Cc1cccc(OCCCN2C(=O)COc3ccc(NC(=O)Cc4cccs4)cc32)c1. The van der Waals surface area contributed by atoms with E-state index in [1.165, 1.54) is 0 Å². The topological polar surface area (TPSA) is 67.9 Å². The number of rotatable bonds is 8. The quantitative estimate of drug-likeness (QED) is 0.531. The van der Waals surface area contributed by atoms with E-state index in [1.807, 2.05) is 48.7 Å². The third-order valence-electron chi connectivity index (χ3n) is 4.88. The molecule has 0 atom stereocenters. The minimum atomic E-state index is -0.106. The lowest BCUT2D eigenvalue weighted by Crippen LogP contribution is -2.39. The van der Waals surface area contributed by atoms with Crippen LogP contribution in [0, 0.1) is 6.92 Å². The van der Waals surface area contributed by atoms with Gasteiger partial charge in [-0.05, 0) is 60.7 Å². The molecular formula is C24H24N2O4S. The van der Waals surface area contributed by atoms with E-state index < -0.39 is 0 Å². The Morgan fingerprint density at radius 3 is 2.90 bits per heavy atom. The van der Waals surface area contributed by atoms with E-state index in [0.717, 1.165) is 16.2 Å². The Labute approximate surface area is 185 Å². The lowest BCUT2D eigenvalue weighted by atomic mass is 10.2. The first-order chi connectivity index (χ1) is 15.1. The normalized spacial score (nSPS) is 12.8. The summed E-state index contributed by atoms with van der Waals surface area (Å²) in [5, 5.41) is 4.86. The van der Waals surface area contributed by atoms with Gasteiger partial charge in [-0.15, -0.1) is 11.3 Å². The van der Waals surface area contributed by atoms with Gasteiger partial charge in [0.25, 0.3) is 5.91 Å². The standard InChI is InChI=1S/C24H24N2O4S/c1-17-5-2-6-19(13-17)29-11-4-10-26-21-14-18(8-9-22(21)30-16-24(26)28)25-23(27)15-20-7-3-12-31-20/h2-3,5-9,12-14H,4,10-11,15-16H2,1H3,(H,25,27). The van der Waals surface area contributed by atoms with E-state index in [-0.39, 0.29) is 18.4 Å². The number of nitrogens with zero attached hydrogens (tertiary/aromatic N) is 1. The molecule has 0 fully saturated rings. The van der Waals surface area contributed by atoms with Crippen LogP contribution < -0.4 is 19.7 Å². The van der Waals surface area contributed by atoms with E-state index in [9.17, 15) is 9.59 Å². The van der Waals surface area contributed by atoms with E-state index in [0.29, 0.717) is 43.1 Å². The van der Waals surface area contributed by atoms with Gasteiger partial charge in [0.15, 0.2) is 6.61 Å². The van der Waals surface area contributed by atoms with E-state index in [4.69, 9.17) is 9.47 Å². The molecule has 2 aromatic carbocycles. The average molecular weight is 437 g/mol. The third-order valence-corrected chi connectivity index (χ3v) is 5.76. The molecule has 0 aliphatic carbocycles. The zero-order chi connectivity index (χ0) is 21.6. The third kappa shape index (κ3) is 5.44. The van der Waals surface area contributed by atoms with Gasteiger partial charge in [0.05, 0.1) is 18.7 Å². The number of amides is 2. The summed E-state index contributed by atoms with van der Waals surface area (Å²) in [6.45, 7) is 3.04. The van der Waals surface area contributed by atoms with Crippen molar-refractivity contribution in [1.29, 1.82) is 0 Å². The van der Waals surface area contributed by atoms with Gasteiger partial charge < -0.3 is 19.7 Å². The number of anilines is 2. The highest BCUT2D eigenvalue weighted by Crippen LogP contribution is 2.34. The van der Waals surface area contributed by atoms with Crippen molar-refractivity contribution in [3.8, 4) is 11.5 Å². The molecule has 160 valence electrons. The zero-order valence-electron chi connectivity index (χ0n) is 17.3. The second kappa shape index (κ2) is 9.66. The van der Waals surface area contributed by atoms with Crippen molar-refractivity contribution in [3.05, 3.63) is 70.4 Å². The maximum atomic E-state index is 12.5. The molecule has 31 heavy (non-hydrogen) atoms. The number of thiophene rings is 1. The number of carbonyl (C=O) groups excluding carboxylic acids is 2. The molecule has 6 nitrogen and oxygen atoms in total. The smallest absolute Gasteiger partial charge is 0.265 e. The lowest BCUT2D eigenvalue weighted by molar-refractivity contribution is -0.121. The molecule has 2 amide bonds. The molecule has 0 radical (unpaired) electrons. The van der Waals surface area contributed by atoms with E-state index >= 15 is 0 Å². The van der Waals surface area contributed by atoms with Crippen LogP contribution in [0.15, 0.2) is 60.0 Å². The molecule has 1 aliphatic rings. The molecular weight excluding hydrogens is 412 g/mol. The molecule has 4 rings (SSSR count). The molecule has 0 saturated heterocycles. The van der Waals surface area contributed by atoms with Crippen LogP contribution in [-0.2, 0) is 16.0 Å². The van der Waals surface area contributed by atoms with Crippen LogP contribution in [0.3, 0.4) is 0 Å². The van der Waals surface area contributed by atoms with Crippen molar-refractivity contribution >= 4 is 34.5 Å². The van der Waals surface area contributed by atoms with E-state index in [2.05, 4.69) is 5.32 Å². The number of fused-ring (bicyclic) bond motifs is 1. The van der Waals surface area contributed by atoms with Crippen molar-refractivity contribution in [3.63, 3.8) is 0 Å². The summed E-state index contributed by atoms with van der Waals surface area (Å²) >= 11 is 1.55. The lowest BCUT2D eigenvalue weighted by Gasteiger charge is -2.30. The van der Waals surface area contributed by atoms with Crippen molar-refractivity contribution in [1.82, 2.24) is 0 Å². The fourth-order valence-electron chi connectivity index (χ4n) is 3.42. The first-order valence-electron chi connectivity index (χ1n) is 10.2. The first kappa shape index (κ1) is 20.9. The van der Waals surface area contributed by atoms with Crippen molar-refractivity contribution in [2.24, 2.45) is 0 Å². The van der Waals surface area contributed by atoms with Gasteiger partial charge in [-0.1, -0.05) is 18.2 Å². The van der Waals surface area contributed by atoms with Crippen LogP contribution in [0.2, 0.25) is 0 Å². The second-order valence-corrected chi connectivity index (χ2v) is 8.37. The Bertz CT molecular complexity index is 1070. The number of carbonyl (C=O) groups is 2. The van der Waals surface area contributed by atoms with Crippen LogP contribution in [0.1, 0.15) is 16.9 Å². The minimum Gasteiger partial charge on any atom is -0.494 e. The molecule has 0 unspecified atom stereocenters. The number of benzene rings is 2. The predicted molar refractivity (Wildman–Crippen MR) is 122 cm³/mol. The summed E-state index contributed by atoms with van der Waals surface area (Å²) < 4.78 is 11.4. The molecule has 1 N–H and O–H groups in total. The number of hydrogen-bond donors (Lipinski definition) is 1. The van der Waals surface area contributed by atoms with Crippen LogP contribution in [0.25, 0.3) is 0 Å². The van der Waals surface area contributed by atoms with Gasteiger partial charge in [-0.3, -0.25) is 9.59 Å². The summed E-state index contributed by atoms with van der Waals surface area (Å²) in [7, 11) is 0. The Morgan fingerprint density at radius 1 is 1.19 bits per heavy atom. The molecule has 0 saturated carbocycles. The summed E-state index contributed by atoms with van der Waals surface area (Å²) in [6.07, 6.45) is 0.998. The van der Waals surface area contributed by atoms with Crippen molar-refractivity contribution < 1.29 is 19.1 Å². The Balaban J connectivity index is 1.38. The van der Waals surface area contributed by atoms with Gasteiger partial charge in [0.2, 0.25) is 5.91 Å². The zero-order valence-corrected chi connectivity index (χ0v) is 18.1. The van der Waals surface area contributed by atoms with Gasteiger partial charge in [0.1, 0.15) is 11.5 Å². The number of ether oxygens (including phenoxy) is 2. The molecule has 3 aromatic rings. The predicted octanol–water partition coefficient (Wildman–Crippen LogP) is 4.43. The Morgan fingerprint density at radius 2 is 2.10 bits per heavy atom. The van der Waals surface area contributed by atoms with Gasteiger partial charge >= 0.3 is 0 Å². The number of hydrogen-bond acceptors (Lipinski definition) is 5. The largest absolute Gasteiger partial charge is 0.494 e. The highest BCUT2D eigenvalue weighted by Gasteiger charge is 2.25. The molecule has 2 heterocycles. The first-order valence-corrected chi connectivity index (χ1v) is 11.1. The molecule has 1 aromatic heterocycles. The number of nitrogens with one attached hydrogen (secondary N) is 1. The monoisotopic (exact) mass is 436 g/mol. The maximum absolute atomic E-state index is 12.5. The average Bonchev–Trinajstić information content (AvgIpc) is 3.25. The van der Waals surface area contributed by atoms with Crippen molar-refractivity contribution in [2.45, 2.75) is 19.8 Å². The Kier molecular flexibility index (Phi) is 6.52. The highest BCUT2D eigenvalue weighted by atomic mass is 32.1. The fraction of sp³-hybridized carbons (Fsp3) is 0.250. The van der Waals surface area contributed by atoms with E-state index in [1.54, 1.807) is 34.4 Å². The van der Waals surface area contributed by atoms with Crippen LogP contribution in [-0.4, -0.2) is 31.6 Å². The summed E-state index contributed by atoms with van der Waals surface area (Å²) in [6, 6.07) is 17.1. The summed E-state index contributed by atoms with van der Waals surface area (Å²) in [5.74, 6) is 1.26. The van der Waals surface area contributed by atoms with Crippen LogP contribution in [0.4, 0.5) is 11.4 Å². The molecule has 1 aliphatic heterocycles. The van der Waals surface area contributed by atoms with Gasteiger partial charge in [-0.25, -0.2) is 0 Å². The van der Waals surface area contributed by atoms with Crippen molar-refractivity contribution in [2.75, 3.05) is 30.0 Å². The molecule has 0 bridgehead atoms. The van der Waals surface area contributed by atoms with Gasteiger partial charge in [-0.2, -0.15) is 0 Å². The Hall–Kier alpha value is -3.32. The second-order valence-electron chi connectivity index (χ2n) is 7.34. The molecule has 7 heteroatoms. The van der Waals surface area contributed by atoms with Crippen LogP contribution >= 0.6 is 11.3 Å². The minimum absolute atomic E-state index is 0.00974. The maximum Gasteiger partial charge on any atom is 0.265 e. The number of aryl methyl sites for hydroxylation is 1. The van der Waals surface area contributed by atoms with Crippen LogP contribution in [0.5, 0.6) is 11.5 Å². The summed E-state index contributed by atoms with van der Waals surface area (Å²) in [5.41, 5.74) is 2.45. The highest BCUT2D eigenvalue weighted by molar-refractivity contribution is 7.10. The molecule has 0 spiro atoms. The van der Waals surface area contributed by atoms with Gasteiger partial charge in [0, 0.05) is 17.1 Å².